The second-order valence-electron chi connectivity index (χ2n) is 9.90. The molecule has 7 nitrogen and oxygen atoms in total. The Balaban J connectivity index is 1.19. The molecule has 1 saturated heterocycles. The average Bonchev–Trinajstić information content (AvgIpc) is 3.32. The van der Waals surface area contributed by atoms with Crippen LogP contribution in [0.3, 0.4) is 0 Å². The normalized spacial score (nSPS) is 14.6. The number of amides is 1. The van der Waals surface area contributed by atoms with Crippen molar-refractivity contribution in [2.24, 2.45) is 11.7 Å². The molecule has 1 amide bonds. The number of piperidine rings is 1. The standard InChI is InChI=1S/C30H33N5O2/c1-21-32-30(29(31)37)33-35(21)28-12-6-23(7-13-28)18-22-2-8-26(9-3-22)27-10-4-24(5-11-27)19-34-16-14-25(20-36)15-17-34/h2-13,25,36H,14-20H2,1H3,(H2,31,37). The highest BCUT2D eigenvalue weighted by atomic mass is 16.3. The summed E-state index contributed by atoms with van der Waals surface area (Å²) < 4.78 is 1.63. The zero-order valence-electron chi connectivity index (χ0n) is 21.2. The molecule has 190 valence electrons. The van der Waals surface area contributed by atoms with Crippen LogP contribution in [0.2, 0.25) is 0 Å². The second kappa shape index (κ2) is 11.1. The summed E-state index contributed by atoms with van der Waals surface area (Å²) in [5, 5.41) is 13.5. The average molecular weight is 496 g/mol. The molecule has 1 fully saturated rings. The van der Waals surface area contributed by atoms with Crippen LogP contribution < -0.4 is 5.73 Å². The molecule has 1 aliphatic heterocycles. The lowest BCUT2D eigenvalue weighted by Crippen LogP contribution is -2.34. The third-order valence-electron chi connectivity index (χ3n) is 7.19. The van der Waals surface area contributed by atoms with Gasteiger partial charge in [0.1, 0.15) is 5.82 Å². The highest BCUT2D eigenvalue weighted by Crippen LogP contribution is 2.24. The first-order valence-corrected chi connectivity index (χ1v) is 12.8. The van der Waals surface area contributed by atoms with Gasteiger partial charge in [0.25, 0.3) is 5.91 Å². The van der Waals surface area contributed by atoms with Crippen LogP contribution in [0.4, 0.5) is 0 Å². The predicted molar refractivity (Wildman–Crippen MR) is 144 cm³/mol. The molecule has 0 radical (unpaired) electrons. The smallest absolute Gasteiger partial charge is 0.288 e. The van der Waals surface area contributed by atoms with Crippen molar-refractivity contribution in [2.75, 3.05) is 19.7 Å². The molecule has 3 N–H and O–H groups in total. The Morgan fingerprint density at radius 3 is 1.95 bits per heavy atom. The van der Waals surface area contributed by atoms with Crippen LogP contribution in [-0.4, -0.2) is 50.4 Å². The maximum Gasteiger partial charge on any atom is 0.288 e. The van der Waals surface area contributed by atoms with Crippen molar-refractivity contribution in [2.45, 2.75) is 32.7 Å². The van der Waals surface area contributed by atoms with Gasteiger partial charge < -0.3 is 10.8 Å². The molecule has 3 aromatic carbocycles. The molecule has 1 aliphatic rings. The number of nitrogens with two attached hydrogens (primary N) is 1. The Kier molecular flexibility index (Phi) is 7.44. The summed E-state index contributed by atoms with van der Waals surface area (Å²) in [5.74, 6) is 0.485. The van der Waals surface area contributed by atoms with E-state index in [-0.39, 0.29) is 5.82 Å². The number of carbonyl (C=O) groups is 1. The number of carbonyl (C=O) groups excluding carboxylic acids is 1. The maximum absolute atomic E-state index is 11.4. The molecule has 0 unspecified atom stereocenters. The number of hydrogen-bond acceptors (Lipinski definition) is 5. The Labute approximate surface area is 217 Å². The van der Waals surface area contributed by atoms with E-state index in [1.807, 2.05) is 12.1 Å². The van der Waals surface area contributed by atoms with E-state index in [4.69, 9.17) is 5.73 Å². The van der Waals surface area contributed by atoms with Crippen LogP contribution in [-0.2, 0) is 13.0 Å². The van der Waals surface area contributed by atoms with Crippen molar-refractivity contribution in [3.63, 3.8) is 0 Å². The van der Waals surface area contributed by atoms with Crippen molar-refractivity contribution in [1.29, 1.82) is 0 Å². The summed E-state index contributed by atoms with van der Waals surface area (Å²) in [6.07, 6.45) is 3.00. The minimum atomic E-state index is -0.632. The van der Waals surface area contributed by atoms with Crippen LogP contribution in [0.5, 0.6) is 0 Å². The Hall–Kier alpha value is -3.81. The molecule has 4 aromatic rings. The van der Waals surface area contributed by atoms with Gasteiger partial charge in [-0.3, -0.25) is 9.69 Å². The van der Waals surface area contributed by atoms with Crippen molar-refractivity contribution >= 4 is 5.91 Å². The van der Waals surface area contributed by atoms with Gasteiger partial charge in [-0.05, 0) is 85.1 Å². The summed E-state index contributed by atoms with van der Waals surface area (Å²) in [5.41, 5.74) is 12.3. The molecule has 7 heteroatoms. The van der Waals surface area contributed by atoms with E-state index in [9.17, 15) is 9.90 Å². The minimum absolute atomic E-state index is 0.0234. The second-order valence-corrected chi connectivity index (χ2v) is 9.90. The number of primary amides is 1. The van der Waals surface area contributed by atoms with Gasteiger partial charge in [0.15, 0.2) is 0 Å². The van der Waals surface area contributed by atoms with E-state index in [0.717, 1.165) is 44.6 Å². The molecule has 0 aliphatic carbocycles. The van der Waals surface area contributed by atoms with Crippen molar-refractivity contribution in [1.82, 2.24) is 19.7 Å². The maximum atomic E-state index is 11.4. The molecule has 1 aromatic heterocycles. The fraction of sp³-hybridized carbons (Fsp3) is 0.300. The Morgan fingerprint density at radius 2 is 1.43 bits per heavy atom. The summed E-state index contributed by atoms with van der Waals surface area (Å²) >= 11 is 0. The molecule has 0 saturated carbocycles. The van der Waals surface area contributed by atoms with Gasteiger partial charge in [-0.25, -0.2) is 9.67 Å². The number of benzene rings is 3. The molecule has 5 rings (SSSR count). The van der Waals surface area contributed by atoms with Crippen LogP contribution in [0.15, 0.2) is 72.8 Å². The Bertz CT molecular complexity index is 1340. The van der Waals surface area contributed by atoms with Gasteiger partial charge in [0.05, 0.1) is 5.69 Å². The third-order valence-corrected chi connectivity index (χ3v) is 7.19. The lowest BCUT2D eigenvalue weighted by atomic mass is 9.97. The lowest BCUT2D eigenvalue weighted by molar-refractivity contribution is 0.0990. The van der Waals surface area contributed by atoms with Crippen LogP contribution in [0, 0.1) is 12.8 Å². The van der Waals surface area contributed by atoms with E-state index in [2.05, 4.69) is 75.6 Å². The Morgan fingerprint density at radius 1 is 0.892 bits per heavy atom. The summed E-state index contributed by atoms with van der Waals surface area (Å²) in [4.78, 5) is 17.9. The monoisotopic (exact) mass is 495 g/mol. The number of nitrogens with zero attached hydrogens (tertiary/aromatic N) is 4. The number of aliphatic hydroxyl groups excluding tert-OH is 1. The molecular weight excluding hydrogens is 462 g/mol. The molecular formula is C30H33N5O2. The molecule has 0 atom stereocenters. The van der Waals surface area contributed by atoms with Crippen LogP contribution in [0.1, 0.15) is 46.0 Å². The van der Waals surface area contributed by atoms with Crippen molar-refractivity contribution in [3.05, 3.63) is 101 Å². The molecule has 2 heterocycles. The van der Waals surface area contributed by atoms with E-state index >= 15 is 0 Å². The number of aryl methyl sites for hydroxylation is 1. The zero-order chi connectivity index (χ0) is 25.8. The van der Waals surface area contributed by atoms with Gasteiger partial charge in [0.2, 0.25) is 5.82 Å². The van der Waals surface area contributed by atoms with Crippen LogP contribution >= 0.6 is 0 Å². The molecule has 37 heavy (non-hydrogen) atoms. The summed E-state index contributed by atoms with van der Waals surface area (Å²) in [6.45, 7) is 5.21. The number of hydrogen-bond donors (Lipinski definition) is 2. The van der Waals surface area contributed by atoms with Gasteiger partial charge in [-0.1, -0.05) is 60.7 Å². The van der Waals surface area contributed by atoms with Crippen molar-refractivity contribution < 1.29 is 9.90 Å². The largest absolute Gasteiger partial charge is 0.396 e. The number of aromatic nitrogens is 3. The fourth-order valence-electron chi connectivity index (χ4n) is 4.93. The SMILES string of the molecule is Cc1nc(C(N)=O)nn1-c1ccc(Cc2ccc(-c3ccc(CN4CCC(CO)CC4)cc3)cc2)cc1. The molecule has 0 spiro atoms. The first-order chi connectivity index (χ1) is 18.0. The quantitative estimate of drug-likeness (QED) is 0.383. The van der Waals surface area contributed by atoms with Gasteiger partial charge in [-0.2, -0.15) is 0 Å². The van der Waals surface area contributed by atoms with E-state index in [1.165, 1.54) is 27.8 Å². The summed E-state index contributed by atoms with van der Waals surface area (Å²) in [6, 6.07) is 25.7. The number of aliphatic hydroxyl groups is 1. The highest BCUT2D eigenvalue weighted by molar-refractivity contribution is 5.88. The first kappa shape index (κ1) is 24.9. The van der Waals surface area contributed by atoms with Gasteiger partial charge in [0, 0.05) is 13.2 Å². The van der Waals surface area contributed by atoms with Gasteiger partial charge in [-0.15, -0.1) is 5.10 Å². The summed E-state index contributed by atoms with van der Waals surface area (Å²) in [7, 11) is 0. The molecule has 0 bridgehead atoms. The van der Waals surface area contributed by atoms with Crippen molar-refractivity contribution in [3.8, 4) is 16.8 Å². The fourth-order valence-corrected chi connectivity index (χ4v) is 4.93. The predicted octanol–water partition coefficient (Wildman–Crippen LogP) is 4.14. The highest BCUT2D eigenvalue weighted by Gasteiger charge is 2.18. The van der Waals surface area contributed by atoms with E-state index in [1.54, 1.807) is 11.6 Å². The topological polar surface area (TPSA) is 97.3 Å². The van der Waals surface area contributed by atoms with E-state index < -0.39 is 5.91 Å². The number of rotatable bonds is 8. The minimum Gasteiger partial charge on any atom is -0.396 e. The zero-order valence-corrected chi connectivity index (χ0v) is 21.2. The van der Waals surface area contributed by atoms with E-state index in [0.29, 0.717) is 18.3 Å². The van der Waals surface area contributed by atoms with Crippen LogP contribution in [0.25, 0.3) is 16.8 Å². The lowest BCUT2D eigenvalue weighted by Gasteiger charge is -2.31. The number of likely N-dealkylation sites (tertiary alicyclic amines) is 1. The third kappa shape index (κ3) is 5.96. The first-order valence-electron chi connectivity index (χ1n) is 12.8. The van der Waals surface area contributed by atoms with Gasteiger partial charge >= 0.3 is 0 Å².